The van der Waals surface area contributed by atoms with E-state index in [0.717, 1.165) is 22.6 Å². The minimum atomic E-state index is -0.313. The molecule has 2 heterocycles. The molecule has 2 aromatic rings. The average molecular weight is 388 g/mol. The van der Waals surface area contributed by atoms with Crippen LogP contribution in [0, 0.1) is 18.8 Å². The summed E-state index contributed by atoms with van der Waals surface area (Å²) in [5.74, 6) is 6.75. The van der Waals surface area contributed by atoms with E-state index in [2.05, 4.69) is 32.4 Å². The Morgan fingerprint density at radius 2 is 2.19 bits per heavy atom. The van der Waals surface area contributed by atoms with Crippen molar-refractivity contribution >= 4 is 22.5 Å². The number of hydrogen-bond donors (Lipinski definition) is 2. The molecule has 0 aliphatic heterocycles. The average Bonchev–Trinajstić information content (AvgIpc) is 3.02. The zero-order valence-electron chi connectivity index (χ0n) is 16.0. The number of urea groups is 1. The fourth-order valence-electron chi connectivity index (χ4n) is 2.05. The summed E-state index contributed by atoms with van der Waals surface area (Å²) in [7, 11) is 1.58. The number of carbonyl (C=O) groups excluding carboxylic acids is 1. The molecule has 0 aliphatic rings. The smallest absolute Gasteiger partial charge is 0.321 e. The highest BCUT2D eigenvalue weighted by atomic mass is 32.1. The summed E-state index contributed by atoms with van der Waals surface area (Å²) >= 11 is 1.33. The van der Waals surface area contributed by atoms with Gasteiger partial charge in [0.25, 0.3) is 0 Å². The van der Waals surface area contributed by atoms with Crippen LogP contribution in [-0.4, -0.2) is 42.4 Å². The van der Waals surface area contributed by atoms with Gasteiger partial charge in [-0.05, 0) is 32.3 Å². The van der Waals surface area contributed by atoms with Gasteiger partial charge in [-0.25, -0.2) is 9.78 Å². The van der Waals surface area contributed by atoms with E-state index in [0.29, 0.717) is 24.0 Å². The fourth-order valence-corrected chi connectivity index (χ4v) is 2.86. The highest BCUT2D eigenvalue weighted by molar-refractivity contribution is 7.16. The maximum atomic E-state index is 12.0. The summed E-state index contributed by atoms with van der Waals surface area (Å²) in [6, 6.07) is 1.50. The first-order valence-electron chi connectivity index (χ1n) is 8.66. The first-order chi connectivity index (χ1) is 13.0. The van der Waals surface area contributed by atoms with Gasteiger partial charge in [0.05, 0.1) is 25.1 Å². The lowest BCUT2D eigenvalue weighted by molar-refractivity contribution is 0.0682. The molecule has 7 nitrogen and oxygen atoms in total. The molecule has 0 saturated heterocycles. The lowest BCUT2D eigenvalue weighted by atomic mass is 10.2. The Balaban J connectivity index is 1.94. The van der Waals surface area contributed by atoms with Gasteiger partial charge >= 0.3 is 6.03 Å². The third-order valence-corrected chi connectivity index (χ3v) is 4.43. The highest BCUT2D eigenvalue weighted by Gasteiger charge is 2.10. The maximum Gasteiger partial charge on any atom is 0.321 e. The van der Waals surface area contributed by atoms with E-state index in [4.69, 9.17) is 9.47 Å². The predicted molar refractivity (Wildman–Crippen MR) is 106 cm³/mol. The zero-order chi connectivity index (χ0) is 19.6. The Bertz CT molecular complexity index is 826. The molecular formula is C19H24N4O3S. The summed E-state index contributed by atoms with van der Waals surface area (Å²) in [4.78, 5) is 21.2. The van der Waals surface area contributed by atoms with Crippen molar-refractivity contribution in [1.29, 1.82) is 0 Å². The van der Waals surface area contributed by atoms with Crippen molar-refractivity contribution in [3.63, 3.8) is 0 Å². The normalized spacial score (nSPS) is 11.3. The van der Waals surface area contributed by atoms with E-state index in [1.54, 1.807) is 19.5 Å². The number of ether oxygens (including phenoxy) is 2. The van der Waals surface area contributed by atoms with Crippen molar-refractivity contribution in [2.75, 3.05) is 25.6 Å². The number of rotatable bonds is 7. The molecule has 0 aliphatic carbocycles. The number of pyridine rings is 1. The van der Waals surface area contributed by atoms with Gasteiger partial charge in [-0.15, -0.1) is 0 Å². The van der Waals surface area contributed by atoms with E-state index in [-0.39, 0.29) is 12.1 Å². The fraction of sp³-hybridized carbons (Fsp3) is 0.421. The summed E-state index contributed by atoms with van der Waals surface area (Å²) in [6.07, 6.45) is 4.20. The molecule has 2 rings (SSSR count). The van der Waals surface area contributed by atoms with Gasteiger partial charge in [0.2, 0.25) is 0 Å². The molecule has 0 aromatic carbocycles. The Kier molecular flexibility index (Phi) is 8.04. The SMILES string of the molecule is CCCOC(C)CNC(=O)Nc1nc(C)c(C#Cc2cncc(OC)c2)s1. The summed E-state index contributed by atoms with van der Waals surface area (Å²) < 4.78 is 10.7. The summed E-state index contributed by atoms with van der Waals surface area (Å²) in [6.45, 7) is 6.94. The molecule has 1 atom stereocenters. The van der Waals surface area contributed by atoms with Crippen molar-refractivity contribution in [1.82, 2.24) is 15.3 Å². The first-order valence-corrected chi connectivity index (χ1v) is 9.48. The van der Waals surface area contributed by atoms with Crippen LogP contribution in [0.1, 0.15) is 36.4 Å². The standard InChI is InChI=1S/C19H24N4O3S/c1-5-8-26-13(2)10-21-18(24)23-19-22-14(3)17(27-19)7-6-15-9-16(25-4)12-20-11-15/h9,11-13H,5,8,10H2,1-4H3,(H2,21,22,23,24). The minimum Gasteiger partial charge on any atom is -0.495 e. The number of aryl methyl sites for hydroxylation is 1. The molecule has 0 radical (unpaired) electrons. The number of amides is 2. The molecule has 27 heavy (non-hydrogen) atoms. The van der Waals surface area contributed by atoms with Crippen LogP contribution in [0.15, 0.2) is 18.5 Å². The van der Waals surface area contributed by atoms with Gasteiger partial charge in [-0.1, -0.05) is 24.2 Å². The van der Waals surface area contributed by atoms with Gasteiger partial charge in [0.1, 0.15) is 10.6 Å². The first kappa shape index (κ1) is 20.7. The van der Waals surface area contributed by atoms with Gasteiger partial charge in [-0.3, -0.25) is 10.3 Å². The predicted octanol–water partition coefficient (Wildman–Crippen LogP) is 3.19. The molecule has 2 amide bonds. The number of aromatic nitrogens is 2. The Hall–Kier alpha value is -2.63. The van der Waals surface area contributed by atoms with Crippen LogP contribution in [0.5, 0.6) is 5.75 Å². The quantitative estimate of drug-likeness (QED) is 0.712. The number of thiazole rings is 1. The van der Waals surface area contributed by atoms with E-state index >= 15 is 0 Å². The van der Waals surface area contributed by atoms with Crippen molar-refractivity contribution in [2.24, 2.45) is 0 Å². The molecule has 0 fully saturated rings. The third kappa shape index (κ3) is 6.89. The lowest BCUT2D eigenvalue weighted by Crippen LogP contribution is -2.35. The Morgan fingerprint density at radius 1 is 1.37 bits per heavy atom. The van der Waals surface area contributed by atoms with E-state index in [1.165, 1.54) is 11.3 Å². The second-order valence-corrected chi connectivity index (χ2v) is 6.81. The molecule has 2 N–H and O–H groups in total. The van der Waals surface area contributed by atoms with Crippen LogP contribution in [0.2, 0.25) is 0 Å². The lowest BCUT2D eigenvalue weighted by Gasteiger charge is -2.13. The third-order valence-electron chi connectivity index (χ3n) is 3.44. The minimum absolute atomic E-state index is 0.0355. The van der Waals surface area contributed by atoms with Crippen molar-refractivity contribution in [3.8, 4) is 17.6 Å². The zero-order valence-corrected chi connectivity index (χ0v) is 16.8. The van der Waals surface area contributed by atoms with Crippen molar-refractivity contribution in [3.05, 3.63) is 34.6 Å². The number of nitrogens with zero attached hydrogens (tertiary/aromatic N) is 2. The Morgan fingerprint density at radius 3 is 2.93 bits per heavy atom. The van der Waals surface area contributed by atoms with Crippen LogP contribution in [0.25, 0.3) is 0 Å². The van der Waals surface area contributed by atoms with Crippen LogP contribution in [0.4, 0.5) is 9.93 Å². The van der Waals surface area contributed by atoms with Crippen LogP contribution in [0.3, 0.4) is 0 Å². The number of nitrogens with one attached hydrogen (secondary N) is 2. The molecule has 8 heteroatoms. The number of carbonyl (C=O) groups is 1. The molecule has 144 valence electrons. The van der Waals surface area contributed by atoms with Gasteiger partial charge in [-0.2, -0.15) is 0 Å². The highest BCUT2D eigenvalue weighted by Crippen LogP contribution is 2.21. The molecule has 2 aromatic heterocycles. The van der Waals surface area contributed by atoms with E-state index in [1.807, 2.05) is 26.8 Å². The second-order valence-electron chi connectivity index (χ2n) is 5.81. The molecule has 1 unspecified atom stereocenters. The summed E-state index contributed by atoms with van der Waals surface area (Å²) in [5.41, 5.74) is 1.51. The van der Waals surface area contributed by atoms with E-state index in [9.17, 15) is 4.79 Å². The molecule has 0 spiro atoms. The number of methoxy groups -OCH3 is 1. The number of hydrogen-bond acceptors (Lipinski definition) is 6. The molecule has 0 saturated carbocycles. The second kappa shape index (κ2) is 10.5. The number of anilines is 1. The van der Waals surface area contributed by atoms with Crippen molar-refractivity contribution < 1.29 is 14.3 Å². The Labute approximate surface area is 163 Å². The van der Waals surface area contributed by atoms with Crippen molar-refractivity contribution in [2.45, 2.75) is 33.3 Å². The van der Waals surface area contributed by atoms with Crippen LogP contribution >= 0.6 is 11.3 Å². The summed E-state index contributed by atoms with van der Waals surface area (Å²) in [5, 5.41) is 6.01. The maximum absolute atomic E-state index is 12.0. The van der Waals surface area contributed by atoms with E-state index < -0.39 is 0 Å². The van der Waals surface area contributed by atoms with Gasteiger partial charge < -0.3 is 14.8 Å². The van der Waals surface area contributed by atoms with Crippen LogP contribution < -0.4 is 15.4 Å². The largest absolute Gasteiger partial charge is 0.495 e. The molecular weight excluding hydrogens is 364 g/mol. The molecule has 0 bridgehead atoms. The van der Waals surface area contributed by atoms with Gasteiger partial charge in [0.15, 0.2) is 5.13 Å². The monoisotopic (exact) mass is 388 g/mol. The topological polar surface area (TPSA) is 85.4 Å². The van der Waals surface area contributed by atoms with Crippen LogP contribution in [-0.2, 0) is 4.74 Å². The van der Waals surface area contributed by atoms with Gasteiger partial charge in [0, 0.05) is 24.9 Å².